The van der Waals surface area contributed by atoms with Gasteiger partial charge < -0.3 is 90.1 Å². The average molecular weight is 796 g/mol. The number of amides is 2. The van der Waals surface area contributed by atoms with Crippen LogP contribution in [0.5, 0.6) is 5.75 Å². The van der Waals surface area contributed by atoms with Gasteiger partial charge in [-0.1, -0.05) is 0 Å². The van der Waals surface area contributed by atoms with E-state index in [1.54, 1.807) is 0 Å². The average Bonchev–Trinajstić information content (AvgIpc) is 3.13. The Labute approximate surface area is 310 Å². The van der Waals surface area contributed by atoms with Crippen LogP contribution in [0.3, 0.4) is 0 Å². The van der Waals surface area contributed by atoms with Crippen LogP contribution in [0.2, 0.25) is 0 Å². The van der Waals surface area contributed by atoms with Crippen molar-refractivity contribution >= 4 is 23.5 Å². The van der Waals surface area contributed by atoms with Crippen molar-refractivity contribution in [3.05, 3.63) is 34.4 Å². The number of hydrogen-bond acceptors (Lipinski definition) is 20. The molecule has 16 atom stereocenters. The van der Waals surface area contributed by atoms with Gasteiger partial charge >= 0.3 is 5.97 Å². The van der Waals surface area contributed by atoms with Crippen LogP contribution >= 0.6 is 0 Å². The van der Waals surface area contributed by atoms with Gasteiger partial charge in [-0.15, -0.1) is 0 Å². The highest BCUT2D eigenvalue weighted by Gasteiger charge is 2.60. The van der Waals surface area contributed by atoms with E-state index in [1.165, 1.54) is 12.1 Å². The molecule has 24 heteroatoms. The van der Waals surface area contributed by atoms with Gasteiger partial charge in [-0.05, 0) is 12.1 Å². The molecular weight excluding hydrogens is 750 g/mol. The molecule has 2 amide bonds. The first-order chi connectivity index (χ1) is 25.9. The van der Waals surface area contributed by atoms with E-state index in [1.807, 2.05) is 0 Å². The maximum Gasteiger partial charge on any atom is 0.364 e. The fourth-order valence-electron chi connectivity index (χ4n) is 6.43. The van der Waals surface area contributed by atoms with Crippen LogP contribution in [0, 0.1) is 10.1 Å². The molecule has 310 valence electrons. The van der Waals surface area contributed by atoms with Crippen molar-refractivity contribution in [1.82, 2.24) is 10.6 Å². The number of aliphatic carboxylic acids is 1. The fraction of sp³-hybridized carbons (Fsp3) is 0.710. The van der Waals surface area contributed by atoms with Crippen molar-refractivity contribution in [3.63, 3.8) is 0 Å². The normalized spacial score (nSPS) is 37.6. The summed E-state index contributed by atoms with van der Waals surface area (Å²) in [5.41, 5.74) is -0.274. The molecule has 0 bridgehead atoms. The maximum atomic E-state index is 12.8. The number of carboxylic acid groups (broad SMARTS) is 1. The summed E-state index contributed by atoms with van der Waals surface area (Å²) in [5, 5.41) is 122. The van der Waals surface area contributed by atoms with E-state index in [4.69, 9.17) is 28.4 Å². The lowest BCUT2D eigenvalue weighted by Gasteiger charge is -2.50. The summed E-state index contributed by atoms with van der Waals surface area (Å²) in [6.45, 7) is -0.882. The summed E-state index contributed by atoms with van der Waals surface area (Å²) in [6.07, 6.45) is -26.0. The van der Waals surface area contributed by atoms with Crippen LogP contribution in [0.1, 0.15) is 20.3 Å². The van der Waals surface area contributed by atoms with Crippen LogP contribution in [-0.2, 0) is 38.1 Å². The number of nitrogens with one attached hydrogen (secondary N) is 2. The third-order valence-electron chi connectivity index (χ3n) is 9.15. The van der Waals surface area contributed by atoms with Gasteiger partial charge in [0.15, 0.2) is 6.29 Å². The van der Waals surface area contributed by atoms with Crippen LogP contribution in [0.25, 0.3) is 0 Å². The summed E-state index contributed by atoms with van der Waals surface area (Å²) in [7, 11) is 0. The molecule has 3 aliphatic rings. The number of nitro benzene ring substituents is 1. The van der Waals surface area contributed by atoms with Crippen molar-refractivity contribution in [2.45, 2.75) is 118 Å². The largest absolute Gasteiger partial charge is 0.477 e. The summed E-state index contributed by atoms with van der Waals surface area (Å²) in [5.74, 6) is -6.56. The molecule has 0 aliphatic carbocycles. The number of carbonyl (C=O) groups excluding carboxylic acids is 2. The van der Waals surface area contributed by atoms with Crippen LogP contribution in [0.4, 0.5) is 5.69 Å². The van der Waals surface area contributed by atoms with Gasteiger partial charge in [0.1, 0.15) is 72.8 Å². The second-order valence-electron chi connectivity index (χ2n) is 13.1. The van der Waals surface area contributed by atoms with Crippen LogP contribution in [0.15, 0.2) is 24.3 Å². The first kappa shape index (κ1) is 44.0. The van der Waals surface area contributed by atoms with E-state index < -0.39 is 147 Å². The highest BCUT2D eigenvalue weighted by Crippen LogP contribution is 2.38. The highest BCUT2D eigenvalue weighted by molar-refractivity contribution is 5.76. The Kier molecular flexibility index (Phi) is 14.8. The molecule has 1 aromatic carbocycles. The Morgan fingerprint density at radius 3 is 2.00 bits per heavy atom. The third kappa shape index (κ3) is 9.81. The Bertz CT molecular complexity index is 1490. The number of nitrogens with zero attached hydrogens (tertiary/aromatic N) is 1. The monoisotopic (exact) mass is 795 g/mol. The number of carbonyl (C=O) groups is 3. The second-order valence-corrected chi connectivity index (χ2v) is 13.1. The zero-order chi connectivity index (χ0) is 40.9. The summed E-state index contributed by atoms with van der Waals surface area (Å²) in [6, 6.07) is 1.56. The van der Waals surface area contributed by atoms with Crippen molar-refractivity contribution in [2.75, 3.05) is 19.8 Å². The summed E-state index contributed by atoms with van der Waals surface area (Å²) >= 11 is 0. The SMILES string of the molecule is CC(=O)N[C@@H]1[C@H](Oc2ccc([N+](=O)[O-])cc2)O[C@@H](CO)[C@@H](O[C@@H]2O[C@@H](CO)[C@H](O)[C@H](O[C@]3(C(=O)O)C[C@@H](O)[C@@H](NC(C)=O)[C@H]([C@H](O)[C@H](O)CO)O3)[C@@H]2O)[C@@H]1O. The first-order valence-electron chi connectivity index (χ1n) is 16.8. The predicted molar refractivity (Wildman–Crippen MR) is 173 cm³/mol. The minimum atomic E-state index is -3.08. The number of nitro groups is 1. The van der Waals surface area contributed by atoms with E-state index in [9.17, 15) is 75.6 Å². The van der Waals surface area contributed by atoms with E-state index in [0.717, 1.165) is 26.0 Å². The topological polar surface area (TPSA) is 376 Å². The molecule has 3 saturated heterocycles. The number of aliphatic hydroxyl groups excluding tert-OH is 9. The molecule has 4 rings (SSSR count). The van der Waals surface area contributed by atoms with Crippen molar-refractivity contribution < 1.29 is 98.8 Å². The number of hydrogen-bond donors (Lipinski definition) is 12. The zero-order valence-electron chi connectivity index (χ0n) is 29.2. The Hall–Kier alpha value is -3.73. The fourth-order valence-corrected chi connectivity index (χ4v) is 6.43. The predicted octanol–water partition coefficient (Wildman–Crippen LogP) is -6.08. The lowest BCUT2D eigenvalue weighted by atomic mass is 9.88. The maximum absolute atomic E-state index is 12.8. The van der Waals surface area contributed by atoms with Crippen molar-refractivity contribution in [3.8, 4) is 5.75 Å². The number of aliphatic hydroxyl groups is 9. The molecule has 12 N–H and O–H groups in total. The summed E-state index contributed by atoms with van der Waals surface area (Å²) in [4.78, 5) is 47.2. The minimum Gasteiger partial charge on any atom is -0.477 e. The Morgan fingerprint density at radius 1 is 0.891 bits per heavy atom. The number of non-ortho nitro benzene ring substituents is 1. The number of ether oxygens (including phenoxy) is 6. The molecule has 1 aromatic rings. The zero-order valence-corrected chi connectivity index (χ0v) is 29.2. The lowest BCUT2D eigenvalue weighted by molar-refractivity contribution is -0.384. The van der Waals surface area contributed by atoms with E-state index in [-0.39, 0.29) is 11.4 Å². The van der Waals surface area contributed by atoms with Gasteiger partial charge in [0.05, 0.1) is 36.9 Å². The van der Waals surface area contributed by atoms with E-state index in [2.05, 4.69) is 10.6 Å². The first-order valence-corrected chi connectivity index (χ1v) is 16.8. The van der Waals surface area contributed by atoms with Gasteiger partial charge in [-0.25, -0.2) is 4.79 Å². The molecule has 0 unspecified atom stereocenters. The van der Waals surface area contributed by atoms with E-state index in [0.29, 0.717) is 0 Å². The Balaban J connectivity index is 1.63. The second kappa shape index (κ2) is 18.5. The minimum absolute atomic E-state index is 0.00792. The molecule has 0 spiro atoms. The quantitative estimate of drug-likeness (QED) is 0.0580. The van der Waals surface area contributed by atoms with Gasteiger partial charge in [-0.2, -0.15) is 0 Å². The van der Waals surface area contributed by atoms with E-state index >= 15 is 0 Å². The van der Waals surface area contributed by atoms with Gasteiger partial charge in [0, 0.05) is 32.4 Å². The molecule has 55 heavy (non-hydrogen) atoms. The van der Waals surface area contributed by atoms with Crippen molar-refractivity contribution in [2.24, 2.45) is 0 Å². The van der Waals surface area contributed by atoms with Crippen LogP contribution < -0.4 is 15.4 Å². The standard InChI is InChI=1S/C31H45N3O21/c1-11(38)32-19-15(40)7-31(30(46)47,54-26(19)21(42)16(41)8-35)55-27-22(43)17(9-36)51-29(24(27)45)53-25-18(10-37)52-28(20(23(25)44)33-12(2)39)50-14-5-3-13(4-6-14)34(48)49/h3-6,15-29,35-37,40-45H,7-10H2,1-2H3,(H,32,38)(H,33,39)(H,46,47)/t15-,16-,17+,18+,19-,20+,21-,22+,23-,24+,25-,26-,27+,28-,29+,31+/m1/s1. The molecular formula is C31H45N3O21. The molecule has 3 aliphatic heterocycles. The lowest BCUT2D eigenvalue weighted by Crippen LogP contribution is -2.71. The number of benzene rings is 1. The Morgan fingerprint density at radius 2 is 1.47 bits per heavy atom. The molecule has 24 nitrogen and oxygen atoms in total. The molecule has 0 aromatic heterocycles. The number of rotatable bonds is 15. The van der Waals surface area contributed by atoms with Gasteiger partial charge in [0.25, 0.3) is 11.5 Å². The van der Waals surface area contributed by atoms with Gasteiger partial charge in [0.2, 0.25) is 18.1 Å². The number of carboxylic acids is 1. The van der Waals surface area contributed by atoms with Crippen molar-refractivity contribution in [1.29, 1.82) is 0 Å². The molecule has 3 fully saturated rings. The molecule has 3 heterocycles. The third-order valence-corrected chi connectivity index (χ3v) is 9.15. The summed E-state index contributed by atoms with van der Waals surface area (Å²) < 4.78 is 34.1. The highest BCUT2D eigenvalue weighted by atomic mass is 16.8. The smallest absolute Gasteiger partial charge is 0.364 e. The molecule has 0 saturated carbocycles. The molecule has 0 radical (unpaired) electrons. The van der Waals surface area contributed by atoms with Gasteiger partial charge in [-0.3, -0.25) is 19.7 Å². The van der Waals surface area contributed by atoms with Crippen LogP contribution in [-0.4, -0.2) is 191 Å².